The van der Waals surface area contributed by atoms with Crippen molar-refractivity contribution >= 4 is 45.9 Å². The van der Waals surface area contributed by atoms with Crippen LogP contribution in [0.4, 0.5) is 0 Å². The number of benzene rings is 1. The number of rotatable bonds is 6. The zero-order valence-electron chi connectivity index (χ0n) is 16.9. The van der Waals surface area contributed by atoms with Gasteiger partial charge in [-0.3, -0.25) is 18.9 Å². The van der Waals surface area contributed by atoms with Gasteiger partial charge in [-0.1, -0.05) is 48.2 Å². The maximum Gasteiger partial charge on any atom is 0.269 e. The Morgan fingerprint density at radius 3 is 2.71 bits per heavy atom. The fraction of sp³-hybridized carbons (Fsp3) is 0.182. The van der Waals surface area contributed by atoms with Crippen LogP contribution in [0.1, 0.15) is 11.1 Å². The number of ether oxygens (including phenoxy) is 2. The van der Waals surface area contributed by atoms with E-state index in [0.29, 0.717) is 33.8 Å². The van der Waals surface area contributed by atoms with Crippen LogP contribution in [0.3, 0.4) is 0 Å². The Bertz CT molecular complexity index is 1270. The Morgan fingerprint density at radius 1 is 1.16 bits per heavy atom. The van der Waals surface area contributed by atoms with E-state index in [1.54, 1.807) is 37.6 Å². The van der Waals surface area contributed by atoms with Crippen molar-refractivity contribution < 1.29 is 14.3 Å². The lowest BCUT2D eigenvalue weighted by molar-refractivity contribution is -0.122. The molecule has 1 aliphatic heterocycles. The average molecular weight is 454 g/mol. The third-order valence-electron chi connectivity index (χ3n) is 4.70. The summed E-state index contributed by atoms with van der Waals surface area (Å²) in [5.41, 5.74) is 1.19. The maximum atomic E-state index is 13.3. The van der Waals surface area contributed by atoms with Crippen LogP contribution < -0.4 is 10.3 Å². The van der Waals surface area contributed by atoms with E-state index < -0.39 is 0 Å². The largest absolute Gasteiger partial charge is 0.438 e. The number of fused-ring (bicyclic) bond motifs is 1. The first-order valence-corrected chi connectivity index (χ1v) is 10.7. The SMILES string of the molecule is COCCN1C(=O)C(=Cc2c(Oc3ccccc3C)nc3ccccn3c2=O)SC1=S. The van der Waals surface area contributed by atoms with Crippen molar-refractivity contribution in [1.29, 1.82) is 0 Å². The summed E-state index contributed by atoms with van der Waals surface area (Å²) in [4.78, 5) is 32.5. The van der Waals surface area contributed by atoms with E-state index in [2.05, 4.69) is 4.98 Å². The smallest absolute Gasteiger partial charge is 0.269 e. The molecule has 0 N–H and O–H groups in total. The molecule has 7 nitrogen and oxygen atoms in total. The summed E-state index contributed by atoms with van der Waals surface area (Å²) in [6, 6.07) is 12.7. The van der Waals surface area contributed by atoms with Gasteiger partial charge in [0.2, 0.25) is 5.88 Å². The summed E-state index contributed by atoms with van der Waals surface area (Å²) < 4.78 is 12.9. The number of thioether (sulfide) groups is 1. The number of para-hydroxylation sites is 1. The molecule has 1 aromatic carbocycles. The molecule has 2 aromatic heterocycles. The number of methoxy groups -OCH3 is 1. The number of aryl methyl sites for hydroxylation is 1. The lowest BCUT2D eigenvalue weighted by Crippen LogP contribution is -2.31. The highest BCUT2D eigenvalue weighted by Crippen LogP contribution is 2.34. The fourth-order valence-electron chi connectivity index (χ4n) is 3.07. The Labute approximate surface area is 188 Å². The van der Waals surface area contributed by atoms with E-state index in [0.717, 1.165) is 17.3 Å². The first kappa shape index (κ1) is 21.2. The van der Waals surface area contributed by atoms with Crippen LogP contribution in [-0.2, 0) is 9.53 Å². The molecule has 0 bridgehead atoms. The Morgan fingerprint density at radius 2 is 1.94 bits per heavy atom. The molecule has 3 heterocycles. The lowest BCUT2D eigenvalue weighted by Gasteiger charge is -2.13. The predicted molar refractivity (Wildman–Crippen MR) is 124 cm³/mol. The minimum absolute atomic E-state index is 0.132. The van der Waals surface area contributed by atoms with Crippen molar-refractivity contribution in [3.63, 3.8) is 0 Å². The average Bonchev–Trinajstić information content (AvgIpc) is 3.03. The van der Waals surface area contributed by atoms with Crippen molar-refractivity contribution in [1.82, 2.24) is 14.3 Å². The van der Waals surface area contributed by atoms with Crippen LogP contribution in [0.15, 0.2) is 58.4 Å². The molecule has 3 aromatic rings. The van der Waals surface area contributed by atoms with Crippen LogP contribution >= 0.6 is 24.0 Å². The third kappa shape index (κ3) is 4.25. The van der Waals surface area contributed by atoms with Gasteiger partial charge >= 0.3 is 0 Å². The van der Waals surface area contributed by atoms with Gasteiger partial charge in [0.1, 0.15) is 21.3 Å². The molecule has 0 radical (unpaired) electrons. The number of pyridine rings is 1. The van der Waals surface area contributed by atoms with E-state index in [1.807, 2.05) is 25.1 Å². The minimum atomic E-state index is -0.337. The van der Waals surface area contributed by atoms with Gasteiger partial charge < -0.3 is 9.47 Å². The molecule has 0 spiro atoms. The van der Waals surface area contributed by atoms with Gasteiger partial charge in [-0.2, -0.15) is 4.98 Å². The third-order valence-corrected chi connectivity index (χ3v) is 6.08. The molecule has 0 saturated carbocycles. The predicted octanol–water partition coefficient (Wildman–Crippen LogP) is 3.64. The molecule has 1 fully saturated rings. The first-order chi connectivity index (χ1) is 15.0. The van der Waals surface area contributed by atoms with Gasteiger partial charge in [0.25, 0.3) is 11.5 Å². The molecule has 4 rings (SSSR count). The summed E-state index contributed by atoms with van der Waals surface area (Å²) in [5.74, 6) is 0.441. The maximum absolute atomic E-state index is 13.3. The van der Waals surface area contributed by atoms with Crippen LogP contribution in [0.2, 0.25) is 0 Å². The molecule has 1 aliphatic rings. The number of nitrogens with zero attached hydrogens (tertiary/aromatic N) is 3. The van der Waals surface area contributed by atoms with E-state index in [9.17, 15) is 9.59 Å². The van der Waals surface area contributed by atoms with Crippen LogP contribution in [0.25, 0.3) is 11.7 Å². The Balaban J connectivity index is 1.83. The van der Waals surface area contributed by atoms with Crippen LogP contribution in [0, 0.1) is 6.92 Å². The van der Waals surface area contributed by atoms with E-state index in [1.165, 1.54) is 15.4 Å². The lowest BCUT2D eigenvalue weighted by atomic mass is 10.2. The van der Waals surface area contributed by atoms with Crippen LogP contribution in [0.5, 0.6) is 11.6 Å². The molecule has 0 aliphatic carbocycles. The molecular formula is C22H19N3O4S2. The summed E-state index contributed by atoms with van der Waals surface area (Å²) >= 11 is 6.47. The molecule has 158 valence electrons. The van der Waals surface area contributed by atoms with Crippen molar-refractivity contribution in [2.75, 3.05) is 20.3 Å². The zero-order chi connectivity index (χ0) is 22.0. The van der Waals surface area contributed by atoms with Crippen molar-refractivity contribution in [3.05, 3.63) is 75.0 Å². The Kier molecular flexibility index (Phi) is 6.17. The second-order valence-corrected chi connectivity index (χ2v) is 8.43. The second-order valence-electron chi connectivity index (χ2n) is 6.76. The molecule has 1 amide bonds. The number of aromatic nitrogens is 2. The standard InChI is InChI=1S/C22H19N3O4S2/c1-14-7-3-4-8-16(14)29-19-15(20(26)24-10-6-5-9-18(24)23-19)13-17-21(27)25(11-12-28-2)22(30)31-17/h3-10,13H,11-12H2,1-2H3. The van der Waals surface area contributed by atoms with Crippen molar-refractivity contribution in [3.8, 4) is 11.6 Å². The van der Waals surface area contributed by atoms with E-state index in [4.69, 9.17) is 21.7 Å². The van der Waals surface area contributed by atoms with Crippen LogP contribution in [-0.4, -0.2) is 44.8 Å². The molecule has 0 atom stereocenters. The number of carbonyl (C=O) groups is 1. The fourth-order valence-corrected chi connectivity index (χ4v) is 4.36. The monoisotopic (exact) mass is 453 g/mol. The number of amides is 1. The van der Waals surface area contributed by atoms with Gasteiger partial charge in [0.05, 0.1) is 18.1 Å². The van der Waals surface area contributed by atoms with Gasteiger partial charge in [0, 0.05) is 13.3 Å². The topological polar surface area (TPSA) is 73.1 Å². The molecule has 31 heavy (non-hydrogen) atoms. The quantitative estimate of drug-likeness (QED) is 0.417. The number of hydrogen-bond acceptors (Lipinski definition) is 7. The normalized spacial score (nSPS) is 15.3. The summed E-state index contributed by atoms with van der Waals surface area (Å²) in [5, 5.41) is 0. The summed E-state index contributed by atoms with van der Waals surface area (Å²) in [7, 11) is 1.56. The molecule has 0 unspecified atom stereocenters. The summed E-state index contributed by atoms with van der Waals surface area (Å²) in [6.07, 6.45) is 3.14. The van der Waals surface area contributed by atoms with Gasteiger partial charge in [-0.05, 0) is 36.8 Å². The summed E-state index contributed by atoms with van der Waals surface area (Å²) in [6.45, 7) is 2.62. The van der Waals surface area contributed by atoms with Gasteiger partial charge in [-0.25, -0.2) is 0 Å². The Hall–Kier alpha value is -3.01. The highest BCUT2D eigenvalue weighted by atomic mass is 32.2. The number of carbonyl (C=O) groups excluding carboxylic acids is 1. The minimum Gasteiger partial charge on any atom is -0.438 e. The van der Waals surface area contributed by atoms with Crippen molar-refractivity contribution in [2.24, 2.45) is 0 Å². The zero-order valence-corrected chi connectivity index (χ0v) is 18.5. The molecule has 9 heteroatoms. The van der Waals surface area contributed by atoms with Gasteiger partial charge in [0.15, 0.2) is 0 Å². The molecular weight excluding hydrogens is 434 g/mol. The highest BCUT2D eigenvalue weighted by molar-refractivity contribution is 8.26. The highest BCUT2D eigenvalue weighted by Gasteiger charge is 2.32. The van der Waals surface area contributed by atoms with Gasteiger partial charge in [-0.15, -0.1) is 0 Å². The van der Waals surface area contributed by atoms with E-state index >= 15 is 0 Å². The van der Waals surface area contributed by atoms with Crippen molar-refractivity contribution in [2.45, 2.75) is 6.92 Å². The number of thiocarbonyl (C=S) groups is 1. The number of hydrogen-bond donors (Lipinski definition) is 0. The first-order valence-electron chi connectivity index (χ1n) is 9.49. The second kappa shape index (κ2) is 9.01. The molecule has 1 saturated heterocycles. The van der Waals surface area contributed by atoms with E-state index in [-0.39, 0.29) is 22.9 Å².